The minimum atomic E-state index is 0.0189. The molecule has 1 aliphatic rings. The van der Waals surface area contributed by atoms with Gasteiger partial charge in [-0.1, -0.05) is 45.2 Å². The Balaban J connectivity index is 2.08. The molecule has 0 aliphatic carbocycles. The first-order valence-corrected chi connectivity index (χ1v) is 8.08. The molecule has 0 spiro atoms. The van der Waals surface area contributed by atoms with Gasteiger partial charge in [0.15, 0.2) is 0 Å². The maximum Gasteiger partial charge on any atom is 0.127 e. The van der Waals surface area contributed by atoms with Gasteiger partial charge in [0.05, 0.1) is 11.4 Å². The quantitative estimate of drug-likeness (QED) is 0.613. The van der Waals surface area contributed by atoms with E-state index in [0.717, 1.165) is 45.5 Å². The van der Waals surface area contributed by atoms with Gasteiger partial charge in [-0.25, -0.2) is 0 Å². The highest BCUT2D eigenvalue weighted by molar-refractivity contribution is 9.09. The van der Waals surface area contributed by atoms with Crippen molar-refractivity contribution >= 4 is 39.1 Å². The van der Waals surface area contributed by atoms with E-state index in [1.807, 2.05) is 31.2 Å². The first-order valence-electron chi connectivity index (χ1n) is 6.41. The second-order valence-corrected chi connectivity index (χ2v) is 6.79. The standard InChI is InChI=1S/C16H13BrCl2O/c1-9-4-11(7-12(18)5-9)15(17)14-8-13(19)6-10-2-3-20-16(10)14/h4-8,15H,2-3H2,1H3. The molecule has 0 fully saturated rings. The van der Waals surface area contributed by atoms with Crippen LogP contribution in [0.25, 0.3) is 0 Å². The number of benzene rings is 2. The van der Waals surface area contributed by atoms with Crippen molar-refractivity contribution in [2.45, 2.75) is 18.2 Å². The second kappa shape index (κ2) is 5.59. The van der Waals surface area contributed by atoms with E-state index in [1.54, 1.807) is 0 Å². The van der Waals surface area contributed by atoms with Crippen molar-refractivity contribution in [1.29, 1.82) is 0 Å². The molecule has 0 radical (unpaired) electrons. The lowest BCUT2D eigenvalue weighted by Crippen LogP contribution is -1.98. The molecule has 20 heavy (non-hydrogen) atoms. The third-order valence-corrected chi connectivity index (χ3v) is 4.87. The van der Waals surface area contributed by atoms with Gasteiger partial charge < -0.3 is 4.74 Å². The zero-order chi connectivity index (χ0) is 14.3. The Labute approximate surface area is 137 Å². The van der Waals surface area contributed by atoms with Crippen LogP contribution in [0.2, 0.25) is 10.0 Å². The van der Waals surface area contributed by atoms with Gasteiger partial charge in [0.2, 0.25) is 0 Å². The normalized spacial score (nSPS) is 14.8. The Morgan fingerprint density at radius 1 is 1.10 bits per heavy atom. The first-order chi connectivity index (χ1) is 9.54. The number of halogens is 3. The highest BCUT2D eigenvalue weighted by atomic mass is 79.9. The molecule has 1 heterocycles. The molecule has 2 aromatic rings. The molecule has 1 aliphatic heterocycles. The lowest BCUT2D eigenvalue weighted by molar-refractivity contribution is 0.354. The highest BCUT2D eigenvalue weighted by Gasteiger charge is 2.23. The predicted octanol–water partition coefficient (Wildman–Crippen LogP) is 5.72. The zero-order valence-corrected chi connectivity index (χ0v) is 14.0. The van der Waals surface area contributed by atoms with Crippen LogP contribution in [0.5, 0.6) is 5.75 Å². The second-order valence-electron chi connectivity index (χ2n) is 5.01. The third kappa shape index (κ3) is 2.69. The van der Waals surface area contributed by atoms with Crippen molar-refractivity contribution in [1.82, 2.24) is 0 Å². The summed E-state index contributed by atoms with van der Waals surface area (Å²) in [5.74, 6) is 0.953. The van der Waals surface area contributed by atoms with E-state index < -0.39 is 0 Å². The van der Waals surface area contributed by atoms with Crippen LogP contribution in [0.3, 0.4) is 0 Å². The molecule has 1 nitrogen and oxygen atoms in total. The van der Waals surface area contributed by atoms with Gasteiger partial charge in [0.1, 0.15) is 5.75 Å². The van der Waals surface area contributed by atoms with Crippen LogP contribution in [0, 0.1) is 6.92 Å². The number of hydrogen-bond donors (Lipinski definition) is 0. The minimum absolute atomic E-state index is 0.0189. The van der Waals surface area contributed by atoms with Gasteiger partial charge in [-0.05, 0) is 47.9 Å². The molecule has 0 saturated carbocycles. The Kier molecular flexibility index (Phi) is 3.98. The van der Waals surface area contributed by atoms with Gasteiger partial charge in [-0.2, -0.15) is 0 Å². The molecule has 4 heteroatoms. The average molecular weight is 372 g/mol. The SMILES string of the molecule is Cc1cc(Cl)cc(C(Br)c2cc(Cl)cc3c2OCC3)c1. The number of alkyl halides is 1. The van der Waals surface area contributed by atoms with Crippen molar-refractivity contribution in [2.75, 3.05) is 6.61 Å². The van der Waals surface area contributed by atoms with Crippen molar-refractivity contribution in [2.24, 2.45) is 0 Å². The molecule has 1 atom stereocenters. The number of ether oxygens (including phenoxy) is 1. The number of rotatable bonds is 2. The maximum absolute atomic E-state index is 6.22. The first kappa shape index (κ1) is 14.2. The fraction of sp³-hybridized carbons (Fsp3) is 0.250. The van der Waals surface area contributed by atoms with Crippen LogP contribution >= 0.6 is 39.1 Å². The van der Waals surface area contributed by atoms with E-state index in [2.05, 4.69) is 22.0 Å². The maximum atomic E-state index is 6.22. The Hall–Kier alpha value is -0.700. The Morgan fingerprint density at radius 2 is 1.85 bits per heavy atom. The summed E-state index contributed by atoms with van der Waals surface area (Å²) in [6, 6.07) is 9.98. The lowest BCUT2D eigenvalue weighted by Gasteiger charge is -2.16. The number of aryl methyl sites for hydroxylation is 1. The molecule has 3 rings (SSSR count). The van der Waals surface area contributed by atoms with Crippen LogP contribution in [0.15, 0.2) is 30.3 Å². The van der Waals surface area contributed by atoms with Gasteiger partial charge in [0.25, 0.3) is 0 Å². The molecular weight excluding hydrogens is 359 g/mol. The molecular formula is C16H13BrCl2O. The summed E-state index contributed by atoms with van der Waals surface area (Å²) in [5.41, 5.74) is 4.48. The number of fused-ring (bicyclic) bond motifs is 1. The smallest absolute Gasteiger partial charge is 0.127 e. The highest BCUT2D eigenvalue weighted by Crippen LogP contribution is 2.43. The van der Waals surface area contributed by atoms with E-state index in [1.165, 1.54) is 5.56 Å². The molecule has 0 bridgehead atoms. The summed E-state index contributed by atoms with van der Waals surface area (Å²) in [4.78, 5) is 0.0189. The van der Waals surface area contributed by atoms with Gasteiger partial charge in [-0.15, -0.1) is 0 Å². The van der Waals surface area contributed by atoms with Gasteiger partial charge >= 0.3 is 0 Å². The molecule has 1 unspecified atom stereocenters. The van der Waals surface area contributed by atoms with Crippen LogP contribution in [0.1, 0.15) is 27.1 Å². The van der Waals surface area contributed by atoms with E-state index in [9.17, 15) is 0 Å². The van der Waals surface area contributed by atoms with Gasteiger partial charge in [-0.3, -0.25) is 0 Å². The van der Waals surface area contributed by atoms with Crippen molar-refractivity contribution in [3.63, 3.8) is 0 Å². The fourth-order valence-electron chi connectivity index (χ4n) is 2.58. The Bertz CT molecular complexity index is 650. The van der Waals surface area contributed by atoms with E-state index in [4.69, 9.17) is 27.9 Å². The van der Waals surface area contributed by atoms with Crippen molar-refractivity contribution < 1.29 is 4.74 Å². The predicted molar refractivity (Wildman–Crippen MR) is 87.6 cm³/mol. The zero-order valence-electron chi connectivity index (χ0n) is 10.9. The van der Waals surface area contributed by atoms with E-state index in [-0.39, 0.29) is 4.83 Å². The van der Waals surface area contributed by atoms with Crippen molar-refractivity contribution in [3.8, 4) is 5.75 Å². The van der Waals surface area contributed by atoms with E-state index in [0.29, 0.717) is 0 Å². The van der Waals surface area contributed by atoms with Crippen molar-refractivity contribution in [3.05, 3.63) is 62.6 Å². The lowest BCUT2D eigenvalue weighted by atomic mass is 10.00. The largest absolute Gasteiger partial charge is 0.493 e. The summed E-state index contributed by atoms with van der Waals surface area (Å²) in [7, 11) is 0. The average Bonchev–Trinajstić information content (AvgIpc) is 2.83. The molecule has 0 aromatic heterocycles. The number of hydrogen-bond acceptors (Lipinski definition) is 1. The monoisotopic (exact) mass is 370 g/mol. The van der Waals surface area contributed by atoms with Gasteiger partial charge in [0, 0.05) is 22.0 Å². The summed E-state index contributed by atoms with van der Waals surface area (Å²) >= 11 is 16.1. The Morgan fingerprint density at radius 3 is 2.60 bits per heavy atom. The molecule has 0 N–H and O–H groups in total. The topological polar surface area (TPSA) is 9.23 Å². The molecule has 2 aromatic carbocycles. The minimum Gasteiger partial charge on any atom is -0.493 e. The fourth-order valence-corrected chi connectivity index (χ4v) is 3.73. The molecule has 0 amide bonds. The van der Waals surface area contributed by atoms with Crippen LogP contribution < -0.4 is 4.74 Å². The summed E-state index contributed by atoms with van der Waals surface area (Å²) in [6.45, 7) is 2.75. The van der Waals surface area contributed by atoms with Crippen LogP contribution in [-0.4, -0.2) is 6.61 Å². The summed E-state index contributed by atoms with van der Waals surface area (Å²) < 4.78 is 5.77. The third-order valence-electron chi connectivity index (χ3n) is 3.41. The molecule has 104 valence electrons. The molecule has 0 saturated heterocycles. The van der Waals surface area contributed by atoms with Crippen LogP contribution in [0.4, 0.5) is 0 Å². The van der Waals surface area contributed by atoms with Crippen LogP contribution in [-0.2, 0) is 6.42 Å². The van der Waals surface area contributed by atoms with E-state index >= 15 is 0 Å². The summed E-state index contributed by atoms with van der Waals surface area (Å²) in [6.07, 6.45) is 0.914. The summed E-state index contributed by atoms with van der Waals surface area (Å²) in [5, 5.41) is 1.48.